The zero-order chi connectivity index (χ0) is 12.1. The van der Waals surface area contributed by atoms with Gasteiger partial charge in [0.25, 0.3) is 0 Å². The standard InChI is InChI=1S/C11H16N6/c1-3-4-17-10(7-15-16-17)11(12-2)9-5-13-8-14-6-9/h5-8,11-12H,3-4H2,1-2H3. The highest BCUT2D eigenvalue weighted by atomic mass is 15.4. The van der Waals surface area contributed by atoms with Gasteiger partial charge in [0, 0.05) is 24.5 Å². The molecule has 0 aliphatic heterocycles. The lowest BCUT2D eigenvalue weighted by atomic mass is 10.1. The number of rotatable bonds is 5. The lowest BCUT2D eigenvalue weighted by Crippen LogP contribution is -2.22. The van der Waals surface area contributed by atoms with Crippen molar-refractivity contribution < 1.29 is 0 Å². The van der Waals surface area contributed by atoms with Gasteiger partial charge in [0.15, 0.2) is 0 Å². The van der Waals surface area contributed by atoms with Crippen molar-refractivity contribution in [2.24, 2.45) is 0 Å². The van der Waals surface area contributed by atoms with E-state index in [9.17, 15) is 0 Å². The molecule has 6 heteroatoms. The van der Waals surface area contributed by atoms with Crippen LogP contribution < -0.4 is 5.32 Å². The zero-order valence-electron chi connectivity index (χ0n) is 10.0. The van der Waals surface area contributed by atoms with Gasteiger partial charge in [-0.2, -0.15) is 0 Å². The number of nitrogens with one attached hydrogen (secondary N) is 1. The molecule has 2 aromatic heterocycles. The molecule has 2 aromatic rings. The molecular weight excluding hydrogens is 216 g/mol. The third-order valence-corrected chi connectivity index (χ3v) is 2.58. The molecule has 0 aromatic carbocycles. The maximum atomic E-state index is 4.09. The quantitative estimate of drug-likeness (QED) is 0.825. The van der Waals surface area contributed by atoms with Gasteiger partial charge in [0.05, 0.1) is 17.9 Å². The van der Waals surface area contributed by atoms with Crippen LogP contribution in [-0.2, 0) is 6.54 Å². The third-order valence-electron chi connectivity index (χ3n) is 2.58. The zero-order valence-corrected chi connectivity index (χ0v) is 10.0. The SMILES string of the molecule is CCCn1nncc1C(NC)c1cncnc1. The first-order valence-corrected chi connectivity index (χ1v) is 5.67. The van der Waals surface area contributed by atoms with Crippen LogP contribution in [0.3, 0.4) is 0 Å². The molecule has 1 N–H and O–H groups in total. The van der Waals surface area contributed by atoms with Crippen molar-refractivity contribution >= 4 is 0 Å². The van der Waals surface area contributed by atoms with Gasteiger partial charge in [0.1, 0.15) is 6.33 Å². The van der Waals surface area contributed by atoms with Gasteiger partial charge in [-0.25, -0.2) is 14.6 Å². The van der Waals surface area contributed by atoms with Crippen LogP contribution >= 0.6 is 0 Å². The van der Waals surface area contributed by atoms with Gasteiger partial charge in [-0.3, -0.25) is 0 Å². The highest BCUT2D eigenvalue weighted by Crippen LogP contribution is 2.19. The Hall–Kier alpha value is -1.82. The van der Waals surface area contributed by atoms with Crippen LogP contribution in [0.1, 0.15) is 30.6 Å². The van der Waals surface area contributed by atoms with Crippen molar-refractivity contribution in [2.75, 3.05) is 7.05 Å². The van der Waals surface area contributed by atoms with Crippen molar-refractivity contribution in [2.45, 2.75) is 25.9 Å². The first kappa shape index (κ1) is 11.7. The van der Waals surface area contributed by atoms with Crippen LogP contribution in [0.15, 0.2) is 24.9 Å². The normalized spacial score (nSPS) is 12.6. The van der Waals surface area contributed by atoms with E-state index in [0.29, 0.717) is 0 Å². The second kappa shape index (κ2) is 5.49. The smallest absolute Gasteiger partial charge is 0.115 e. The topological polar surface area (TPSA) is 68.5 Å². The van der Waals surface area contributed by atoms with Crippen LogP contribution in [0.4, 0.5) is 0 Å². The molecule has 0 spiro atoms. The van der Waals surface area contributed by atoms with E-state index in [2.05, 4.69) is 32.5 Å². The average Bonchev–Trinajstić information content (AvgIpc) is 2.81. The van der Waals surface area contributed by atoms with Gasteiger partial charge < -0.3 is 5.32 Å². The molecule has 6 nitrogen and oxygen atoms in total. The summed E-state index contributed by atoms with van der Waals surface area (Å²) in [6.45, 7) is 2.98. The summed E-state index contributed by atoms with van der Waals surface area (Å²) >= 11 is 0. The summed E-state index contributed by atoms with van der Waals surface area (Å²) in [5, 5.41) is 11.3. The molecule has 2 heterocycles. The second-order valence-electron chi connectivity index (χ2n) is 3.78. The Morgan fingerprint density at radius 2 is 2.06 bits per heavy atom. The largest absolute Gasteiger partial charge is 0.308 e. The van der Waals surface area contributed by atoms with Crippen molar-refractivity contribution in [3.63, 3.8) is 0 Å². The fourth-order valence-electron chi connectivity index (χ4n) is 1.82. The van der Waals surface area contributed by atoms with Crippen LogP contribution in [0, 0.1) is 0 Å². The average molecular weight is 232 g/mol. The molecule has 90 valence electrons. The minimum atomic E-state index is 0.0257. The molecule has 0 saturated heterocycles. The maximum absolute atomic E-state index is 4.09. The number of hydrogen-bond donors (Lipinski definition) is 1. The molecule has 0 amide bonds. The summed E-state index contributed by atoms with van der Waals surface area (Å²) in [4.78, 5) is 8.08. The second-order valence-corrected chi connectivity index (χ2v) is 3.78. The summed E-state index contributed by atoms with van der Waals surface area (Å²) in [5.74, 6) is 0. The highest BCUT2D eigenvalue weighted by Gasteiger charge is 2.17. The van der Waals surface area contributed by atoms with Crippen LogP contribution in [0.5, 0.6) is 0 Å². The van der Waals surface area contributed by atoms with E-state index >= 15 is 0 Å². The molecule has 2 rings (SSSR count). The van der Waals surface area contributed by atoms with Crippen LogP contribution in [0.25, 0.3) is 0 Å². The van der Waals surface area contributed by atoms with Crippen molar-refractivity contribution in [1.82, 2.24) is 30.3 Å². The fourth-order valence-corrected chi connectivity index (χ4v) is 1.82. The molecule has 1 unspecified atom stereocenters. The van der Waals surface area contributed by atoms with E-state index in [-0.39, 0.29) is 6.04 Å². The molecular formula is C11H16N6. The number of aryl methyl sites for hydroxylation is 1. The summed E-state index contributed by atoms with van der Waals surface area (Å²) in [7, 11) is 1.90. The summed E-state index contributed by atoms with van der Waals surface area (Å²) in [5.41, 5.74) is 2.04. The van der Waals surface area contributed by atoms with E-state index in [0.717, 1.165) is 24.2 Å². The molecule has 0 aliphatic carbocycles. The molecule has 1 atom stereocenters. The Bertz CT molecular complexity index is 452. The first-order valence-electron chi connectivity index (χ1n) is 5.67. The molecule has 17 heavy (non-hydrogen) atoms. The van der Waals surface area contributed by atoms with Gasteiger partial charge >= 0.3 is 0 Å². The molecule has 0 saturated carbocycles. The predicted molar refractivity (Wildman–Crippen MR) is 63.2 cm³/mol. The number of aromatic nitrogens is 5. The van der Waals surface area contributed by atoms with Crippen LogP contribution in [-0.4, -0.2) is 32.0 Å². The predicted octanol–water partition coefficient (Wildman–Crippen LogP) is 0.787. The van der Waals surface area contributed by atoms with Crippen LogP contribution in [0.2, 0.25) is 0 Å². The number of nitrogens with zero attached hydrogens (tertiary/aromatic N) is 5. The van der Waals surface area contributed by atoms with E-state index in [4.69, 9.17) is 0 Å². The Morgan fingerprint density at radius 3 is 2.71 bits per heavy atom. The first-order chi connectivity index (χ1) is 8.36. The van der Waals surface area contributed by atoms with Crippen molar-refractivity contribution in [3.8, 4) is 0 Å². The van der Waals surface area contributed by atoms with Gasteiger partial charge in [0.2, 0.25) is 0 Å². The van der Waals surface area contributed by atoms with Gasteiger partial charge in [-0.1, -0.05) is 12.1 Å². The lowest BCUT2D eigenvalue weighted by molar-refractivity contribution is 0.522. The van der Waals surface area contributed by atoms with E-state index in [1.165, 1.54) is 6.33 Å². The molecule has 0 bridgehead atoms. The van der Waals surface area contributed by atoms with Crippen molar-refractivity contribution in [3.05, 3.63) is 36.2 Å². The number of hydrogen-bond acceptors (Lipinski definition) is 5. The van der Waals surface area contributed by atoms with Gasteiger partial charge in [-0.15, -0.1) is 5.10 Å². The summed E-state index contributed by atoms with van der Waals surface area (Å²) in [6.07, 6.45) is 7.94. The van der Waals surface area contributed by atoms with E-state index in [1.54, 1.807) is 18.6 Å². The molecule has 0 fully saturated rings. The maximum Gasteiger partial charge on any atom is 0.115 e. The third kappa shape index (κ3) is 2.47. The van der Waals surface area contributed by atoms with E-state index in [1.807, 2.05) is 11.7 Å². The highest BCUT2D eigenvalue weighted by molar-refractivity contribution is 5.21. The summed E-state index contributed by atoms with van der Waals surface area (Å²) < 4.78 is 1.91. The molecule has 0 aliphatic rings. The van der Waals surface area contributed by atoms with E-state index < -0.39 is 0 Å². The fraction of sp³-hybridized carbons (Fsp3) is 0.455. The lowest BCUT2D eigenvalue weighted by Gasteiger charge is -2.16. The molecule has 0 radical (unpaired) electrons. The summed E-state index contributed by atoms with van der Waals surface area (Å²) in [6, 6.07) is 0.0257. The minimum absolute atomic E-state index is 0.0257. The Labute approximate surface area is 100 Å². The van der Waals surface area contributed by atoms with Crippen molar-refractivity contribution in [1.29, 1.82) is 0 Å². The minimum Gasteiger partial charge on any atom is -0.308 e. The Kier molecular flexibility index (Phi) is 3.77. The van der Waals surface area contributed by atoms with Gasteiger partial charge in [-0.05, 0) is 13.5 Å². The Morgan fingerprint density at radius 1 is 1.29 bits per heavy atom. The Balaban J connectivity index is 2.32. The monoisotopic (exact) mass is 232 g/mol.